The molecule has 4 rings (SSSR count). The van der Waals surface area contributed by atoms with Crippen molar-refractivity contribution in [2.75, 3.05) is 19.5 Å². The predicted molar refractivity (Wildman–Crippen MR) is 123 cm³/mol. The fourth-order valence-corrected chi connectivity index (χ4v) is 3.50. The number of furan rings is 1. The average molecular weight is 413 g/mol. The molecule has 156 valence electrons. The molecule has 1 N–H and O–H groups in total. The van der Waals surface area contributed by atoms with E-state index in [1.54, 1.807) is 50.8 Å². The van der Waals surface area contributed by atoms with Gasteiger partial charge in [0.1, 0.15) is 17.1 Å². The summed E-state index contributed by atoms with van der Waals surface area (Å²) in [6, 6.07) is 21.1. The van der Waals surface area contributed by atoms with Crippen molar-refractivity contribution in [1.82, 2.24) is 0 Å². The molecule has 0 atom stereocenters. The summed E-state index contributed by atoms with van der Waals surface area (Å²) in [5.74, 6) is 1.16. The van der Waals surface area contributed by atoms with E-state index in [0.717, 1.165) is 39.0 Å². The first-order chi connectivity index (χ1) is 15.1. The molecule has 1 heterocycles. The number of benzene rings is 3. The smallest absolute Gasteiger partial charge is 0.248 e. The van der Waals surface area contributed by atoms with Gasteiger partial charge in [0, 0.05) is 34.3 Å². The molecule has 0 radical (unpaired) electrons. The van der Waals surface area contributed by atoms with Crippen LogP contribution >= 0.6 is 0 Å². The first kappa shape index (κ1) is 20.3. The van der Waals surface area contributed by atoms with E-state index in [0.29, 0.717) is 11.4 Å². The predicted octanol–water partition coefficient (Wildman–Crippen LogP) is 6.16. The van der Waals surface area contributed by atoms with Crippen molar-refractivity contribution in [3.05, 3.63) is 84.6 Å². The third-order valence-electron chi connectivity index (χ3n) is 5.11. The van der Waals surface area contributed by atoms with Gasteiger partial charge in [0.2, 0.25) is 5.91 Å². The highest BCUT2D eigenvalue weighted by atomic mass is 16.5. The van der Waals surface area contributed by atoms with Crippen LogP contribution in [0.25, 0.3) is 27.7 Å². The van der Waals surface area contributed by atoms with Crippen LogP contribution in [0, 0.1) is 0 Å². The van der Waals surface area contributed by atoms with Gasteiger partial charge in [0.25, 0.3) is 0 Å². The molecule has 1 aromatic heterocycles. The molecule has 4 aromatic rings. The quantitative estimate of drug-likeness (QED) is 0.385. The molecule has 31 heavy (non-hydrogen) atoms. The van der Waals surface area contributed by atoms with Crippen LogP contribution in [0.4, 0.5) is 5.69 Å². The van der Waals surface area contributed by atoms with Crippen LogP contribution < -0.4 is 14.8 Å². The van der Waals surface area contributed by atoms with Gasteiger partial charge < -0.3 is 19.2 Å². The van der Waals surface area contributed by atoms with Gasteiger partial charge >= 0.3 is 0 Å². The Labute approximate surface area is 180 Å². The van der Waals surface area contributed by atoms with E-state index >= 15 is 0 Å². The molecule has 5 heteroatoms. The largest absolute Gasteiger partial charge is 0.497 e. The van der Waals surface area contributed by atoms with E-state index < -0.39 is 0 Å². The van der Waals surface area contributed by atoms with E-state index in [1.165, 1.54) is 0 Å². The lowest BCUT2D eigenvalue weighted by molar-refractivity contribution is -0.111. The van der Waals surface area contributed by atoms with Crippen molar-refractivity contribution >= 4 is 28.1 Å². The second kappa shape index (κ2) is 8.79. The molecule has 0 unspecified atom stereocenters. The third kappa shape index (κ3) is 4.31. The number of ether oxygens (including phenoxy) is 2. The van der Waals surface area contributed by atoms with Gasteiger partial charge in [-0.1, -0.05) is 30.3 Å². The number of methoxy groups -OCH3 is 2. The van der Waals surface area contributed by atoms with E-state index in [2.05, 4.69) is 5.32 Å². The first-order valence-corrected chi connectivity index (χ1v) is 9.87. The lowest BCUT2D eigenvalue weighted by Crippen LogP contribution is -2.08. The normalized spacial score (nSPS) is 11.4. The summed E-state index contributed by atoms with van der Waals surface area (Å²) in [4.78, 5) is 12.6. The van der Waals surface area contributed by atoms with Gasteiger partial charge in [0.05, 0.1) is 20.5 Å². The van der Waals surface area contributed by atoms with Gasteiger partial charge in [-0.3, -0.25) is 4.79 Å². The van der Waals surface area contributed by atoms with Gasteiger partial charge in [-0.25, -0.2) is 0 Å². The Morgan fingerprint density at radius 1 is 0.968 bits per heavy atom. The third-order valence-corrected chi connectivity index (χ3v) is 5.11. The number of rotatable bonds is 6. The average Bonchev–Trinajstić information content (AvgIpc) is 3.22. The van der Waals surface area contributed by atoms with Crippen LogP contribution in [-0.4, -0.2) is 20.1 Å². The highest BCUT2D eigenvalue weighted by Crippen LogP contribution is 2.37. The number of amides is 1. The molecule has 1 amide bonds. The molecule has 0 aliphatic carbocycles. The number of fused-ring (bicyclic) bond motifs is 1. The standard InChI is InChI=1S/C26H23NO4/c1-17(13-26(28)27-19-9-11-20(29-2)12-10-19)21-14-22-23(18-7-5-4-6-8-18)16-31-25(22)15-24(21)30-3/h4-16H,1-3H3,(H,27,28)/b17-13+. The second-order valence-electron chi connectivity index (χ2n) is 7.11. The molecular weight excluding hydrogens is 390 g/mol. The lowest BCUT2D eigenvalue weighted by atomic mass is 9.99. The number of carbonyl (C=O) groups excluding carboxylic acids is 1. The Morgan fingerprint density at radius 2 is 1.71 bits per heavy atom. The van der Waals surface area contributed by atoms with Gasteiger partial charge in [-0.05, 0) is 48.4 Å². The minimum atomic E-state index is -0.222. The van der Waals surface area contributed by atoms with Crippen LogP contribution in [0.1, 0.15) is 12.5 Å². The summed E-state index contributed by atoms with van der Waals surface area (Å²) in [5.41, 5.74) is 5.10. The number of hydrogen-bond acceptors (Lipinski definition) is 4. The molecule has 0 saturated carbocycles. The fourth-order valence-electron chi connectivity index (χ4n) is 3.50. The second-order valence-corrected chi connectivity index (χ2v) is 7.11. The minimum Gasteiger partial charge on any atom is -0.497 e. The zero-order chi connectivity index (χ0) is 21.8. The Balaban J connectivity index is 1.67. The summed E-state index contributed by atoms with van der Waals surface area (Å²) >= 11 is 0. The Morgan fingerprint density at radius 3 is 2.39 bits per heavy atom. The van der Waals surface area contributed by atoms with Crippen LogP contribution in [-0.2, 0) is 4.79 Å². The van der Waals surface area contributed by atoms with Gasteiger partial charge in [-0.2, -0.15) is 0 Å². The summed E-state index contributed by atoms with van der Waals surface area (Å²) in [5, 5.41) is 3.83. The van der Waals surface area contributed by atoms with Crippen LogP contribution in [0.2, 0.25) is 0 Å². The number of hydrogen-bond donors (Lipinski definition) is 1. The topological polar surface area (TPSA) is 60.7 Å². The first-order valence-electron chi connectivity index (χ1n) is 9.87. The van der Waals surface area contributed by atoms with Crippen molar-refractivity contribution in [3.63, 3.8) is 0 Å². The number of carbonyl (C=O) groups is 1. The molecule has 0 aliphatic rings. The summed E-state index contributed by atoms with van der Waals surface area (Å²) in [6.45, 7) is 1.89. The van der Waals surface area contributed by atoms with Crippen molar-refractivity contribution in [3.8, 4) is 22.6 Å². The maximum Gasteiger partial charge on any atom is 0.248 e. The van der Waals surface area contributed by atoms with Crippen LogP contribution in [0.3, 0.4) is 0 Å². The zero-order valence-electron chi connectivity index (χ0n) is 17.6. The molecule has 0 fully saturated rings. The Kier molecular flexibility index (Phi) is 5.76. The van der Waals surface area contributed by atoms with Crippen molar-refractivity contribution in [2.45, 2.75) is 6.92 Å². The maximum absolute atomic E-state index is 12.6. The number of anilines is 1. The molecular formula is C26H23NO4. The maximum atomic E-state index is 12.6. The fraction of sp³-hybridized carbons (Fsp3) is 0.115. The monoisotopic (exact) mass is 413 g/mol. The molecule has 0 spiro atoms. The summed E-state index contributed by atoms with van der Waals surface area (Å²) in [7, 11) is 3.21. The number of nitrogens with one attached hydrogen (secondary N) is 1. The van der Waals surface area contributed by atoms with Crippen LogP contribution in [0.15, 0.2) is 83.5 Å². The molecule has 3 aromatic carbocycles. The van der Waals surface area contributed by atoms with E-state index in [1.807, 2.05) is 49.4 Å². The SMILES string of the molecule is COc1ccc(NC(=O)/C=C(\C)c2cc3c(-c4ccccc4)coc3cc2OC)cc1. The molecule has 0 aliphatic heterocycles. The van der Waals surface area contributed by atoms with Crippen molar-refractivity contribution < 1.29 is 18.7 Å². The summed E-state index contributed by atoms with van der Waals surface area (Å²) < 4.78 is 16.5. The highest BCUT2D eigenvalue weighted by molar-refractivity contribution is 6.05. The van der Waals surface area contributed by atoms with E-state index in [4.69, 9.17) is 13.9 Å². The lowest BCUT2D eigenvalue weighted by Gasteiger charge is -2.10. The zero-order valence-corrected chi connectivity index (χ0v) is 17.6. The molecule has 0 bridgehead atoms. The van der Waals surface area contributed by atoms with E-state index in [-0.39, 0.29) is 5.91 Å². The Bertz CT molecular complexity index is 1240. The Hall–Kier alpha value is -3.99. The van der Waals surface area contributed by atoms with E-state index in [9.17, 15) is 4.79 Å². The van der Waals surface area contributed by atoms with Crippen molar-refractivity contribution in [2.24, 2.45) is 0 Å². The van der Waals surface area contributed by atoms with Crippen LogP contribution in [0.5, 0.6) is 11.5 Å². The molecule has 0 saturated heterocycles. The van der Waals surface area contributed by atoms with Gasteiger partial charge in [0.15, 0.2) is 0 Å². The van der Waals surface area contributed by atoms with Gasteiger partial charge in [-0.15, -0.1) is 0 Å². The molecule has 5 nitrogen and oxygen atoms in total. The van der Waals surface area contributed by atoms with Crippen molar-refractivity contribution in [1.29, 1.82) is 0 Å². The minimum absolute atomic E-state index is 0.222. The summed E-state index contributed by atoms with van der Waals surface area (Å²) in [6.07, 6.45) is 3.31. The number of allylic oxidation sites excluding steroid dienone is 1. The highest BCUT2D eigenvalue weighted by Gasteiger charge is 2.15.